The van der Waals surface area contributed by atoms with E-state index >= 15 is 0 Å². The number of nitrogens with zero attached hydrogens (tertiary/aromatic N) is 1. The van der Waals surface area contributed by atoms with Gasteiger partial charge in [0, 0.05) is 19.1 Å². The molecule has 1 aromatic rings. The Balaban J connectivity index is 2.04. The smallest absolute Gasteiger partial charge is 0.318 e. The zero-order valence-corrected chi connectivity index (χ0v) is 10.7. The molecular weight excluding hydrogens is 230 g/mol. The average Bonchev–Trinajstić information content (AvgIpc) is 2.70. The monoisotopic (exact) mass is 249 g/mol. The van der Waals surface area contributed by atoms with Crippen LogP contribution in [0.25, 0.3) is 0 Å². The van der Waals surface area contributed by atoms with E-state index < -0.39 is 0 Å². The van der Waals surface area contributed by atoms with Crippen molar-refractivity contribution < 1.29 is 9.53 Å². The molecule has 0 saturated carbocycles. The lowest BCUT2D eigenvalue weighted by Crippen LogP contribution is -2.37. The van der Waals surface area contributed by atoms with Gasteiger partial charge in [0.1, 0.15) is 5.75 Å². The average molecular weight is 249 g/mol. The Morgan fingerprint density at radius 2 is 2.17 bits per heavy atom. The van der Waals surface area contributed by atoms with E-state index in [2.05, 4.69) is 5.32 Å². The van der Waals surface area contributed by atoms with E-state index in [1.54, 1.807) is 12.0 Å². The summed E-state index contributed by atoms with van der Waals surface area (Å²) >= 11 is 0. The Morgan fingerprint density at radius 1 is 1.50 bits per heavy atom. The summed E-state index contributed by atoms with van der Waals surface area (Å²) in [6.07, 6.45) is 0. The Hall–Kier alpha value is -1.75. The molecule has 0 aromatic heterocycles. The van der Waals surface area contributed by atoms with Crippen LogP contribution >= 0.6 is 0 Å². The lowest BCUT2D eigenvalue weighted by Gasteiger charge is -2.16. The summed E-state index contributed by atoms with van der Waals surface area (Å²) in [7, 11) is 1.64. The molecule has 1 saturated heterocycles. The first-order valence-corrected chi connectivity index (χ1v) is 6.05. The number of carbonyl (C=O) groups is 1. The van der Waals surface area contributed by atoms with Gasteiger partial charge in [0.2, 0.25) is 0 Å². The van der Waals surface area contributed by atoms with E-state index in [1.165, 1.54) is 0 Å². The number of amides is 2. The minimum atomic E-state index is -0.0480. The maximum absolute atomic E-state index is 11.8. The number of methoxy groups -OCH3 is 1. The molecule has 98 valence electrons. The molecular formula is C13H19N3O2. The SMILES string of the molecule is COc1ccc(C2CN(CC(C)N)C(=O)N2)cc1. The van der Waals surface area contributed by atoms with Crippen LogP contribution in [0, 0.1) is 0 Å². The molecule has 0 radical (unpaired) electrons. The second-order valence-corrected chi connectivity index (χ2v) is 4.66. The van der Waals surface area contributed by atoms with Crippen LogP contribution in [0.4, 0.5) is 4.79 Å². The van der Waals surface area contributed by atoms with E-state index in [4.69, 9.17) is 10.5 Å². The first-order chi connectivity index (χ1) is 8.60. The van der Waals surface area contributed by atoms with E-state index in [0.717, 1.165) is 11.3 Å². The van der Waals surface area contributed by atoms with Crippen molar-refractivity contribution in [2.75, 3.05) is 20.2 Å². The second kappa shape index (κ2) is 5.27. The summed E-state index contributed by atoms with van der Waals surface area (Å²) < 4.78 is 5.11. The first-order valence-electron chi connectivity index (χ1n) is 6.05. The maximum atomic E-state index is 11.8. The lowest BCUT2D eigenvalue weighted by molar-refractivity contribution is 0.215. The molecule has 18 heavy (non-hydrogen) atoms. The predicted molar refractivity (Wildman–Crippen MR) is 69.5 cm³/mol. The summed E-state index contributed by atoms with van der Waals surface area (Å²) in [6.45, 7) is 3.14. The molecule has 0 bridgehead atoms. The van der Waals surface area contributed by atoms with Crippen LogP contribution in [0.3, 0.4) is 0 Å². The van der Waals surface area contributed by atoms with E-state index in [0.29, 0.717) is 13.1 Å². The highest BCUT2D eigenvalue weighted by Crippen LogP contribution is 2.22. The van der Waals surface area contributed by atoms with Crippen molar-refractivity contribution in [3.05, 3.63) is 29.8 Å². The van der Waals surface area contributed by atoms with Gasteiger partial charge in [-0.05, 0) is 24.6 Å². The van der Waals surface area contributed by atoms with Gasteiger partial charge in [0.25, 0.3) is 0 Å². The molecule has 2 amide bonds. The molecule has 5 nitrogen and oxygen atoms in total. The maximum Gasteiger partial charge on any atom is 0.318 e. The molecule has 2 atom stereocenters. The highest BCUT2D eigenvalue weighted by atomic mass is 16.5. The Labute approximate surface area is 107 Å². The summed E-state index contributed by atoms with van der Waals surface area (Å²) in [5.41, 5.74) is 6.80. The van der Waals surface area contributed by atoms with Crippen LogP contribution in [0.5, 0.6) is 5.75 Å². The fourth-order valence-corrected chi connectivity index (χ4v) is 2.12. The van der Waals surface area contributed by atoms with Crippen LogP contribution in [-0.4, -0.2) is 37.2 Å². The predicted octanol–water partition coefficient (Wildman–Crippen LogP) is 1.11. The van der Waals surface area contributed by atoms with Crippen molar-refractivity contribution in [1.29, 1.82) is 0 Å². The number of nitrogens with one attached hydrogen (secondary N) is 1. The molecule has 5 heteroatoms. The number of nitrogens with two attached hydrogens (primary N) is 1. The largest absolute Gasteiger partial charge is 0.497 e. The van der Waals surface area contributed by atoms with Gasteiger partial charge >= 0.3 is 6.03 Å². The molecule has 1 aromatic carbocycles. The Bertz CT molecular complexity index is 417. The summed E-state index contributed by atoms with van der Waals surface area (Å²) in [5.74, 6) is 0.815. The van der Waals surface area contributed by atoms with Crippen LogP contribution in [-0.2, 0) is 0 Å². The third-order valence-electron chi connectivity index (χ3n) is 3.01. The summed E-state index contributed by atoms with van der Waals surface area (Å²) in [6, 6.07) is 7.71. The number of hydrogen-bond acceptors (Lipinski definition) is 3. The molecule has 2 rings (SSSR count). The van der Waals surface area contributed by atoms with Crippen molar-refractivity contribution in [1.82, 2.24) is 10.2 Å². The van der Waals surface area contributed by atoms with Crippen LogP contribution in [0.1, 0.15) is 18.5 Å². The fraction of sp³-hybridized carbons (Fsp3) is 0.462. The Morgan fingerprint density at radius 3 is 2.72 bits per heavy atom. The van der Waals surface area contributed by atoms with E-state index in [1.807, 2.05) is 31.2 Å². The third kappa shape index (κ3) is 2.73. The number of rotatable bonds is 4. The molecule has 1 fully saturated rings. The summed E-state index contributed by atoms with van der Waals surface area (Å²) in [5, 5.41) is 2.95. The molecule has 1 heterocycles. The van der Waals surface area contributed by atoms with E-state index in [9.17, 15) is 4.79 Å². The molecule has 0 aliphatic carbocycles. The van der Waals surface area contributed by atoms with Gasteiger partial charge in [-0.25, -0.2) is 4.79 Å². The highest BCUT2D eigenvalue weighted by Gasteiger charge is 2.29. The topological polar surface area (TPSA) is 67.6 Å². The summed E-state index contributed by atoms with van der Waals surface area (Å²) in [4.78, 5) is 13.5. The molecule has 3 N–H and O–H groups in total. The van der Waals surface area contributed by atoms with Gasteiger partial charge < -0.3 is 20.7 Å². The zero-order chi connectivity index (χ0) is 13.1. The van der Waals surface area contributed by atoms with Crippen molar-refractivity contribution >= 4 is 6.03 Å². The molecule has 1 aliphatic rings. The van der Waals surface area contributed by atoms with Crippen LogP contribution < -0.4 is 15.8 Å². The number of hydrogen-bond donors (Lipinski definition) is 2. The lowest BCUT2D eigenvalue weighted by atomic mass is 10.1. The standard InChI is InChI=1S/C13H19N3O2/c1-9(14)7-16-8-12(15-13(16)17)10-3-5-11(18-2)6-4-10/h3-6,9,12H,7-8,14H2,1-2H3,(H,15,17). The van der Waals surface area contributed by atoms with Gasteiger partial charge in [-0.1, -0.05) is 12.1 Å². The van der Waals surface area contributed by atoms with Crippen molar-refractivity contribution in [2.45, 2.75) is 19.0 Å². The van der Waals surface area contributed by atoms with E-state index in [-0.39, 0.29) is 18.1 Å². The highest BCUT2D eigenvalue weighted by molar-refractivity contribution is 5.77. The second-order valence-electron chi connectivity index (χ2n) is 4.66. The molecule has 0 spiro atoms. The van der Waals surface area contributed by atoms with Crippen molar-refractivity contribution in [3.8, 4) is 5.75 Å². The minimum Gasteiger partial charge on any atom is -0.497 e. The normalized spacial score (nSPS) is 20.7. The van der Waals surface area contributed by atoms with Crippen LogP contribution in [0.2, 0.25) is 0 Å². The molecule has 2 unspecified atom stereocenters. The number of ether oxygens (including phenoxy) is 1. The quantitative estimate of drug-likeness (QED) is 0.840. The third-order valence-corrected chi connectivity index (χ3v) is 3.01. The number of carbonyl (C=O) groups excluding carboxylic acids is 1. The van der Waals surface area contributed by atoms with Gasteiger partial charge in [0.15, 0.2) is 0 Å². The number of urea groups is 1. The molecule has 1 aliphatic heterocycles. The van der Waals surface area contributed by atoms with Gasteiger partial charge in [-0.3, -0.25) is 0 Å². The van der Waals surface area contributed by atoms with Crippen LogP contribution in [0.15, 0.2) is 24.3 Å². The van der Waals surface area contributed by atoms with Crippen molar-refractivity contribution in [2.24, 2.45) is 5.73 Å². The van der Waals surface area contributed by atoms with Gasteiger partial charge in [-0.2, -0.15) is 0 Å². The minimum absolute atomic E-state index is 0.00892. The first kappa shape index (κ1) is 12.7. The van der Waals surface area contributed by atoms with Crippen molar-refractivity contribution in [3.63, 3.8) is 0 Å². The van der Waals surface area contributed by atoms with Gasteiger partial charge in [0.05, 0.1) is 13.2 Å². The van der Waals surface area contributed by atoms with Gasteiger partial charge in [-0.15, -0.1) is 0 Å². The fourth-order valence-electron chi connectivity index (χ4n) is 2.12. The zero-order valence-electron chi connectivity index (χ0n) is 10.7. The Kier molecular flexibility index (Phi) is 3.72. The number of benzene rings is 1.